The minimum Gasteiger partial charge on any atom is -0.410 e. The summed E-state index contributed by atoms with van der Waals surface area (Å²) >= 11 is 1.48. The van der Waals surface area contributed by atoms with Gasteiger partial charge in [-0.15, -0.1) is 6.58 Å². The summed E-state index contributed by atoms with van der Waals surface area (Å²) in [5.41, 5.74) is 1.24. The fourth-order valence-corrected chi connectivity index (χ4v) is 3.86. The van der Waals surface area contributed by atoms with Crippen LogP contribution in [0.25, 0.3) is 0 Å². The second-order valence-corrected chi connectivity index (χ2v) is 7.93. The van der Waals surface area contributed by atoms with Crippen molar-refractivity contribution < 1.29 is 9.53 Å². The van der Waals surface area contributed by atoms with Crippen LogP contribution >= 0.6 is 11.8 Å². The highest BCUT2D eigenvalue weighted by Crippen LogP contribution is 2.34. The lowest BCUT2D eigenvalue weighted by molar-refractivity contribution is 0.168. The summed E-state index contributed by atoms with van der Waals surface area (Å²) in [6, 6.07) is 9.12. The standard InChI is InChI=1S/C19H22N2O2S.C4H8.C3H6/c1-13-9-7-8-12-16(13)17-14(2)20-18(24-3)21(17)19(22)23-15-10-5-4-6-11-15;1-3-4-2;1-3-2/h4-8,10-14,17H,9H2,1-3H3;3-4H,1-2H3;3H,1H2,2H3/b;4-3-;/t13?,14-,17-;;/m0../s1. The molecule has 0 fully saturated rings. The van der Waals surface area contributed by atoms with Gasteiger partial charge in [-0.25, -0.2) is 9.69 Å². The molecule has 1 amide bonds. The SMILES string of the molecule is C/C=C\C.C=CC.CSC1=N[C@@H](C)[C@@H](C2=CC=CCC2C)N1C(=O)Oc1ccccc1. The highest BCUT2D eigenvalue weighted by atomic mass is 32.2. The molecule has 31 heavy (non-hydrogen) atoms. The number of ether oxygens (including phenoxy) is 1. The van der Waals surface area contributed by atoms with Crippen LogP contribution in [0.2, 0.25) is 0 Å². The van der Waals surface area contributed by atoms with Gasteiger partial charge in [-0.2, -0.15) is 0 Å². The average molecular weight is 441 g/mol. The van der Waals surface area contributed by atoms with Gasteiger partial charge in [-0.3, -0.25) is 4.99 Å². The molecular formula is C26H36N2O2S. The molecule has 2 aliphatic rings. The molecule has 5 heteroatoms. The van der Waals surface area contributed by atoms with Crippen LogP contribution in [0.15, 0.2) is 83.9 Å². The average Bonchev–Trinajstić information content (AvgIpc) is 3.11. The molecule has 0 bridgehead atoms. The summed E-state index contributed by atoms with van der Waals surface area (Å²) in [6.07, 6.45) is 14.7. The van der Waals surface area contributed by atoms with E-state index in [1.54, 1.807) is 23.1 Å². The fourth-order valence-electron chi connectivity index (χ4n) is 3.20. The lowest BCUT2D eigenvalue weighted by Gasteiger charge is -2.32. The van der Waals surface area contributed by atoms with Crippen molar-refractivity contribution in [3.05, 3.63) is 78.9 Å². The van der Waals surface area contributed by atoms with Crippen LogP contribution in [-0.4, -0.2) is 34.5 Å². The third-order valence-electron chi connectivity index (χ3n) is 4.74. The molecule has 0 aromatic heterocycles. The molecule has 1 aromatic carbocycles. The van der Waals surface area contributed by atoms with E-state index < -0.39 is 0 Å². The Bertz CT molecular complexity index is 808. The van der Waals surface area contributed by atoms with E-state index in [0.29, 0.717) is 11.7 Å². The molecule has 1 heterocycles. The maximum Gasteiger partial charge on any atom is 0.422 e. The van der Waals surface area contributed by atoms with Crippen molar-refractivity contribution in [2.75, 3.05) is 6.26 Å². The maximum atomic E-state index is 12.9. The van der Waals surface area contributed by atoms with E-state index in [1.165, 1.54) is 17.3 Å². The van der Waals surface area contributed by atoms with Gasteiger partial charge in [0.2, 0.25) is 0 Å². The van der Waals surface area contributed by atoms with E-state index in [1.807, 2.05) is 57.4 Å². The van der Waals surface area contributed by atoms with E-state index in [-0.39, 0.29) is 18.2 Å². The Morgan fingerprint density at radius 3 is 2.32 bits per heavy atom. The number of amides is 1. The Balaban J connectivity index is 0.000000604. The van der Waals surface area contributed by atoms with Gasteiger partial charge in [0.25, 0.3) is 0 Å². The number of thioether (sulfide) groups is 1. The van der Waals surface area contributed by atoms with Crippen LogP contribution in [0.1, 0.15) is 41.0 Å². The molecule has 0 spiro atoms. The molecule has 0 saturated carbocycles. The van der Waals surface area contributed by atoms with E-state index in [9.17, 15) is 4.79 Å². The first-order valence-corrected chi connectivity index (χ1v) is 11.9. The predicted molar refractivity (Wildman–Crippen MR) is 136 cm³/mol. The van der Waals surface area contributed by atoms with Crippen molar-refractivity contribution in [3.63, 3.8) is 0 Å². The van der Waals surface area contributed by atoms with Crippen molar-refractivity contribution in [3.8, 4) is 5.75 Å². The van der Waals surface area contributed by atoms with Gasteiger partial charge in [0.05, 0.1) is 12.1 Å². The first-order chi connectivity index (χ1) is 14.9. The molecule has 1 aromatic rings. The van der Waals surface area contributed by atoms with Gasteiger partial charge in [-0.1, -0.05) is 73.3 Å². The quantitative estimate of drug-likeness (QED) is 0.454. The van der Waals surface area contributed by atoms with E-state index in [0.717, 1.165) is 11.6 Å². The summed E-state index contributed by atoms with van der Waals surface area (Å²) < 4.78 is 5.58. The minimum absolute atomic E-state index is 0.0240. The molecule has 3 rings (SSSR count). The topological polar surface area (TPSA) is 41.9 Å². The zero-order chi connectivity index (χ0) is 23.2. The van der Waals surface area contributed by atoms with Gasteiger partial charge in [0, 0.05) is 0 Å². The maximum absolute atomic E-state index is 12.9. The number of allylic oxidation sites excluding steroid dienone is 6. The summed E-state index contributed by atoms with van der Waals surface area (Å²) in [5, 5.41) is 0.719. The van der Waals surface area contributed by atoms with Crippen LogP contribution in [0.4, 0.5) is 4.79 Å². The number of hydrogen-bond donors (Lipinski definition) is 0. The molecule has 1 unspecified atom stereocenters. The van der Waals surface area contributed by atoms with Crippen LogP contribution < -0.4 is 4.74 Å². The number of rotatable bonds is 2. The molecule has 1 aliphatic carbocycles. The summed E-state index contributed by atoms with van der Waals surface area (Å²) in [5.74, 6) is 0.942. The summed E-state index contributed by atoms with van der Waals surface area (Å²) in [7, 11) is 0. The molecule has 1 aliphatic heterocycles. The van der Waals surface area contributed by atoms with Crippen molar-refractivity contribution in [1.29, 1.82) is 0 Å². The van der Waals surface area contributed by atoms with Crippen molar-refractivity contribution in [2.45, 2.75) is 53.1 Å². The number of aliphatic imine (C=N–C) groups is 1. The Kier molecular flexibility index (Phi) is 12.4. The number of benzene rings is 1. The predicted octanol–water partition coefficient (Wildman–Crippen LogP) is 7.27. The largest absolute Gasteiger partial charge is 0.422 e. The number of nitrogens with zero attached hydrogens (tertiary/aromatic N) is 2. The van der Waals surface area contributed by atoms with Gasteiger partial charge in [-0.05, 0) is 64.0 Å². The number of amidine groups is 1. The molecule has 0 radical (unpaired) electrons. The first-order valence-electron chi connectivity index (χ1n) is 10.6. The lowest BCUT2D eigenvalue weighted by Crippen LogP contribution is -2.46. The van der Waals surface area contributed by atoms with Crippen LogP contribution in [0.3, 0.4) is 0 Å². The second-order valence-electron chi connectivity index (χ2n) is 7.16. The number of carbonyl (C=O) groups excluding carboxylic acids is 1. The zero-order valence-electron chi connectivity index (χ0n) is 19.6. The van der Waals surface area contributed by atoms with E-state index in [2.05, 4.69) is 43.6 Å². The Morgan fingerprint density at radius 2 is 1.81 bits per heavy atom. The van der Waals surface area contributed by atoms with Crippen LogP contribution in [0.5, 0.6) is 5.75 Å². The summed E-state index contributed by atoms with van der Waals surface area (Å²) in [6.45, 7) is 13.5. The molecule has 0 saturated heterocycles. The first kappa shape index (κ1) is 26.5. The van der Waals surface area contributed by atoms with Gasteiger partial charge < -0.3 is 4.74 Å². The van der Waals surface area contributed by atoms with E-state index in [4.69, 9.17) is 4.74 Å². The molecule has 3 atom stereocenters. The number of carbonyl (C=O) groups is 1. The normalized spacial score (nSPS) is 21.9. The van der Waals surface area contributed by atoms with Crippen molar-refractivity contribution in [2.24, 2.45) is 10.9 Å². The molecule has 168 valence electrons. The highest BCUT2D eigenvalue weighted by molar-refractivity contribution is 8.13. The third kappa shape index (κ3) is 7.91. The van der Waals surface area contributed by atoms with E-state index >= 15 is 0 Å². The van der Waals surface area contributed by atoms with Crippen LogP contribution in [0, 0.1) is 5.92 Å². The summed E-state index contributed by atoms with van der Waals surface area (Å²) in [4.78, 5) is 19.2. The fraction of sp³-hybridized carbons (Fsp3) is 0.385. The Hall–Kier alpha value is -2.53. The van der Waals surface area contributed by atoms with Gasteiger partial charge in [0.15, 0.2) is 5.17 Å². The highest BCUT2D eigenvalue weighted by Gasteiger charge is 2.42. The molecule has 4 nitrogen and oxygen atoms in total. The third-order valence-corrected chi connectivity index (χ3v) is 5.41. The minimum atomic E-state index is -0.369. The van der Waals surface area contributed by atoms with Crippen molar-refractivity contribution in [1.82, 2.24) is 4.90 Å². The Morgan fingerprint density at radius 1 is 1.19 bits per heavy atom. The number of para-hydroxylation sites is 1. The Labute approximate surface area is 192 Å². The lowest BCUT2D eigenvalue weighted by atomic mass is 9.85. The monoisotopic (exact) mass is 440 g/mol. The number of hydrogen-bond acceptors (Lipinski definition) is 4. The van der Waals surface area contributed by atoms with Gasteiger partial charge >= 0.3 is 6.09 Å². The smallest absolute Gasteiger partial charge is 0.410 e. The molecular weight excluding hydrogens is 404 g/mol. The van der Waals surface area contributed by atoms with Gasteiger partial charge in [0.1, 0.15) is 5.75 Å². The van der Waals surface area contributed by atoms with Crippen molar-refractivity contribution >= 4 is 23.0 Å². The second kappa shape index (κ2) is 14.5. The zero-order valence-corrected chi connectivity index (χ0v) is 20.4. The van der Waals surface area contributed by atoms with Crippen LogP contribution in [-0.2, 0) is 0 Å². The molecule has 0 N–H and O–H groups in total.